The highest BCUT2D eigenvalue weighted by atomic mass is 19.4. The number of aromatic nitrogens is 1. The quantitative estimate of drug-likeness (QED) is 0.558. The van der Waals surface area contributed by atoms with Crippen molar-refractivity contribution in [1.82, 2.24) is 4.98 Å². The van der Waals surface area contributed by atoms with Crippen molar-refractivity contribution in [2.75, 3.05) is 0 Å². The topological polar surface area (TPSA) is 36.7 Å². The summed E-state index contributed by atoms with van der Waals surface area (Å²) in [4.78, 5) is 2.62. The molecule has 1 aromatic rings. The van der Waals surface area contributed by atoms with Crippen LogP contribution in [-0.2, 0) is 6.18 Å². The third kappa shape index (κ3) is 2.08. The van der Waals surface area contributed by atoms with Gasteiger partial charge in [-0.05, 0) is 0 Å². The molecule has 0 atom stereocenters. The molecule has 0 unspecified atom stereocenters. The van der Waals surface area contributed by atoms with Gasteiger partial charge in [0.2, 0.25) is 5.95 Å². The van der Waals surface area contributed by atoms with Crippen LogP contribution in [0.25, 0.3) is 0 Å². The summed E-state index contributed by atoms with van der Waals surface area (Å²) in [6, 6.07) is 0.940. The third-order valence-electron chi connectivity index (χ3n) is 1.71. The van der Waals surface area contributed by atoms with E-state index in [-0.39, 0.29) is 6.20 Å². The van der Waals surface area contributed by atoms with Crippen molar-refractivity contribution < 1.29 is 26.3 Å². The summed E-state index contributed by atoms with van der Waals surface area (Å²) in [7, 11) is 0. The van der Waals surface area contributed by atoms with Crippen LogP contribution in [0.2, 0.25) is 0 Å². The number of hydrogen-bond acceptors (Lipinski definition) is 2. The Morgan fingerprint density at radius 3 is 2.25 bits per heavy atom. The molecular weight excluding hydrogens is 238 g/mol. The lowest BCUT2D eigenvalue weighted by molar-refractivity contribution is -0.139. The van der Waals surface area contributed by atoms with Crippen LogP contribution in [0, 0.1) is 17.3 Å². The second-order valence-electron chi connectivity index (χ2n) is 2.66. The van der Waals surface area contributed by atoms with Crippen LogP contribution in [0.4, 0.5) is 26.3 Å². The van der Waals surface area contributed by atoms with Crippen molar-refractivity contribution in [3.05, 3.63) is 28.8 Å². The zero-order chi connectivity index (χ0) is 12.5. The first-order valence-corrected chi connectivity index (χ1v) is 3.73. The Labute approximate surface area is 85.1 Å². The van der Waals surface area contributed by atoms with Crippen molar-refractivity contribution in [3.63, 3.8) is 0 Å². The molecule has 0 radical (unpaired) electrons. The monoisotopic (exact) mass is 240 g/mol. The first-order chi connectivity index (χ1) is 7.29. The van der Waals surface area contributed by atoms with Gasteiger partial charge in [0.25, 0.3) is 6.43 Å². The van der Waals surface area contributed by atoms with E-state index in [0.717, 1.165) is 6.07 Å². The Kier molecular flexibility index (Phi) is 3.07. The molecule has 0 aromatic carbocycles. The molecule has 16 heavy (non-hydrogen) atoms. The van der Waals surface area contributed by atoms with Gasteiger partial charge in [-0.2, -0.15) is 22.8 Å². The number of rotatable bonds is 1. The zero-order valence-corrected chi connectivity index (χ0v) is 7.32. The van der Waals surface area contributed by atoms with E-state index in [9.17, 15) is 26.3 Å². The van der Waals surface area contributed by atoms with Gasteiger partial charge in [0.15, 0.2) is 0 Å². The molecule has 8 heteroatoms. The molecule has 1 heterocycles. The Morgan fingerprint density at radius 1 is 1.31 bits per heavy atom. The third-order valence-corrected chi connectivity index (χ3v) is 1.71. The van der Waals surface area contributed by atoms with Crippen LogP contribution < -0.4 is 0 Å². The van der Waals surface area contributed by atoms with E-state index in [2.05, 4.69) is 4.98 Å². The SMILES string of the molecule is N#Cc1c(F)ncc(C(F)(F)F)c1C(F)F. The molecule has 0 bridgehead atoms. The largest absolute Gasteiger partial charge is 0.418 e. The molecule has 0 aliphatic carbocycles. The highest BCUT2D eigenvalue weighted by Gasteiger charge is 2.38. The number of alkyl halides is 5. The number of nitriles is 1. The predicted octanol–water partition coefficient (Wildman–Crippen LogP) is 3.05. The molecule has 1 rings (SSSR count). The second-order valence-corrected chi connectivity index (χ2v) is 2.66. The molecular formula is C8H2F6N2. The summed E-state index contributed by atoms with van der Waals surface area (Å²) in [6.07, 6.45) is -8.78. The Morgan fingerprint density at radius 2 is 1.88 bits per heavy atom. The average molecular weight is 240 g/mol. The molecule has 0 saturated heterocycles. The van der Waals surface area contributed by atoms with Crippen molar-refractivity contribution >= 4 is 0 Å². The summed E-state index contributed by atoms with van der Waals surface area (Å²) in [5, 5.41) is 8.31. The first kappa shape index (κ1) is 12.3. The standard InChI is InChI=1S/C8H2F6N2/c9-6(10)5-3(1-15)7(11)16-2-4(5)8(12,13)14/h2,6H. The maximum atomic E-state index is 12.7. The van der Waals surface area contributed by atoms with Gasteiger partial charge in [-0.15, -0.1) is 0 Å². The second kappa shape index (κ2) is 4.00. The molecule has 0 aliphatic rings. The smallest absolute Gasteiger partial charge is 0.227 e. The lowest BCUT2D eigenvalue weighted by Crippen LogP contribution is -2.13. The Hall–Kier alpha value is -1.78. The minimum absolute atomic E-state index is 0.0579. The van der Waals surface area contributed by atoms with Gasteiger partial charge in [0.1, 0.15) is 11.6 Å². The van der Waals surface area contributed by atoms with Gasteiger partial charge in [0.05, 0.1) is 11.1 Å². The van der Waals surface area contributed by atoms with Crippen LogP contribution in [0.3, 0.4) is 0 Å². The molecule has 0 saturated carbocycles. The van der Waals surface area contributed by atoms with Crippen molar-refractivity contribution in [1.29, 1.82) is 5.26 Å². The van der Waals surface area contributed by atoms with E-state index in [1.54, 1.807) is 0 Å². The van der Waals surface area contributed by atoms with Gasteiger partial charge in [-0.1, -0.05) is 0 Å². The van der Waals surface area contributed by atoms with Gasteiger partial charge in [-0.25, -0.2) is 13.8 Å². The fourth-order valence-electron chi connectivity index (χ4n) is 1.06. The maximum Gasteiger partial charge on any atom is 0.418 e. The van der Waals surface area contributed by atoms with Crippen molar-refractivity contribution in [2.24, 2.45) is 0 Å². The minimum Gasteiger partial charge on any atom is -0.227 e. The molecule has 0 spiro atoms. The highest BCUT2D eigenvalue weighted by Crippen LogP contribution is 2.37. The number of pyridine rings is 1. The fourth-order valence-corrected chi connectivity index (χ4v) is 1.06. The van der Waals surface area contributed by atoms with Gasteiger partial charge in [-0.3, -0.25) is 0 Å². The van der Waals surface area contributed by atoms with Gasteiger partial charge >= 0.3 is 6.18 Å². The van der Waals surface area contributed by atoms with E-state index in [1.807, 2.05) is 0 Å². The van der Waals surface area contributed by atoms with Crippen LogP contribution in [0.1, 0.15) is 23.1 Å². The molecule has 0 N–H and O–H groups in total. The van der Waals surface area contributed by atoms with Crippen LogP contribution in [0.5, 0.6) is 0 Å². The average Bonchev–Trinajstić information content (AvgIpc) is 2.14. The molecule has 0 aliphatic heterocycles. The molecule has 0 amide bonds. The number of halogens is 6. The summed E-state index contributed by atoms with van der Waals surface area (Å²) < 4.78 is 74.2. The van der Waals surface area contributed by atoms with Crippen molar-refractivity contribution in [2.45, 2.75) is 12.6 Å². The lowest BCUT2D eigenvalue weighted by Gasteiger charge is -2.12. The molecule has 0 fully saturated rings. The normalized spacial score (nSPS) is 11.6. The molecule has 2 nitrogen and oxygen atoms in total. The van der Waals surface area contributed by atoms with E-state index in [4.69, 9.17) is 5.26 Å². The number of hydrogen-bond donors (Lipinski definition) is 0. The number of nitrogens with zero attached hydrogens (tertiary/aromatic N) is 2. The summed E-state index contributed by atoms with van der Waals surface area (Å²) >= 11 is 0. The highest BCUT2D eigenvalue weighted by molar-refractivity contribution is 5.43. The Bertz CT molecular complexity index is 445. The van der Waals surface area contributed by atoms with E-state index < -0.39 is 35.2 Å². The minimum atomic E-state index is -5.11. The van der Waals surface area contributed by atoms with E-state index in [0.29, 0.717) is 0 Å². The molecule has 86 valence electrons. The van der Waals surface area contributed by atoms with Crippen LogP contribution >= 0.6 is 0 Å². The van der Waals surface area contributed by atoms with Gasteiger partial charge < -0.3 is 0 Å². The van der Waals surface area contributed by atoms with Crippen molar-refractivity contribution in [3.8, 4) is 6.07 Å². The van der Waals surface area contributed by atoms with Crippen LogP contribution in [0.15, 0.2) is 6.20 Å². The predicted molar refractivity (Wildman–Crippen MR) is 38.9 cm³/mol. The summed E-state index contributed by atoms with van der Waals surface area (Å²) in [5.74, 6) is -1.65. The van der Waals surface area contributed by atoms with E-state index >= 15 is 0 Å². The summed E-state index contributed by atoms with van der Waals surface area (Å²) in [5.41, 5.74) is -4.87. The zero-order valence-electron chi connectivity index (χ0n) is 7.32. The lowest BCUT2D eigenvalue weighted by atomic mass is 10.1. The summed E-state index contributed by atoms with van der Waals surface area (Å²) in [6.45, 7) is 0. The van der Waals surface area contributed by atoms with Gasteiger partial charge in [0, 0.05) is 6.20 Å². The Balaban J connectivity index is 3.60. The van der Waals surface area contributed by atoms with E-state index in [1.165, 1.54) is 0 Å². The maximum absolute atomic E-state index is 12.7. The molecule has 1 aromatic heterocycles. The van der Waals surface area contributed by atoms with Crippen LogP contribution in [-0.4, -0.2) is 4.98 Å². The fraction of sp³-hybridized carbons (Fsp3) is 0.250. The first-order valence-electron chi connectivity index (χ1n) is 3.73.